The third-order valence-electron chi connectivity index (χ3n) is 3.26. The van der Waals surface area contributed by atoms with Crippen LogP contribution in [-0.4, -0.2) is 28.6 Å². The van der Waals surface area contributed by atoms with E-state index in [0.29, 0.717) is 4.34 Å². The number of ether oxygens (including phenoxy) is 1. The van der Waals surface area contributed by atoms with Gasteiger partial charge in [0, 0.05) is 5.75 Å². The second-order valence-corrected chi connectivity index (χ2v) is 7.42. The van der Waals surface area contributed by atoms with Crippen LogP contribution in [0.15, 0.2) is 28.6 Å². The van der Waals surface area contributed by atoms with Gasteiger partial charge in [-0.15, -0.1) is 11.3 Å². The first kappa shape index (κ1) is 18.9. The summed E-state index contributed by atoms with van der Waals surface area (Å²) in [6.07, 6.45) is -1.21. The minimum atomic E-state index is -2.26. The molecule has 26 heavy (non-hydrogen) atoms. The van der Waals surface area contributed by atoms with Crippen molar-refractivity contribution in [1.82, 2.24) is 4.98 Å². The summed E-state index contributed by atoms with van der Waals surface area (Å²) in [6.45, 7) is -0.643. The monoisotopic (exact) mass is 407 g/mol. The molecular formula is C16H10F5NO2S2. The van der Waals surface area contributed by atoms with Crippen molar-refractivity contribution in [2.45, 2.75) is 10.4 Å². The van der Waals surface area contributed by atoms with Crippen LogP contribution in [0.5, 0.6) is 5.75 Å². The van der Waals surface area contributed by atoms with E-state index in [-0.39, 0.29) is 5.75 Å². The zero-order valence-corrected chi connectivity index (χ0v) is 14.4. The van der Waals surface area contributed by atoms with Crippen LogP contribution in [-0.2, 0) is 0 Å². The molecule has 0 saturated heterocycles. The molecule has 0 fully saturated rings. The lowest BCUT2D eigenvalue weighted by Gasteiger charge is -2.13. The van der Waals surface area contributed by atoms with Gasteiger partial charge in [-0.1, -0.05) is 23.9 Å². The number of hydrogen-bond donors (Lipinski definition) is 1. The van der Waals surface area contributed by atoms with Gasteiger partial charge in [0.15, 0.2) is 10.1 Å². The molecule has 0 bridgehead atoms. The Labute approximate surface area is 152 Å². The van der Waals surface area contributed by atoms with Gasteiger partial charge in [0.05, 0.1) is 16.3 Å². The average Bonchev–Trinajstić information content (AvgIpc) is 3.06. The first-order valence-corrected chi connectivity index (χ1v) is 8.99. The van der Waals surface area contributed by atoms with Crippen LogP contribution in [0.3, 0.4) is 0 Å². The molecule has 138 valence electrons. The highest BCUT2D eigenvalue weighted by atomic mass is 32.2. The summed E-state index contributed by atoms with van der Waals surface area (Å²) in [5.41, 5.74) is 0.798. The Hall–Kier alpha value is -1.91. The van der Waals surface area contributed by atoms with Gasteiger partial charge >= 0.3 is 0 Å². The SMILES string of the molecule is O[C@H](COc1c(F)c(F)c(F)c(F)c1F)CSc1nc2ccccc2s1. The number of thioether (sulfide) groups is 1. The number of aromatic nitrogens is 1. The van der Waals surface area contributed by atoms with E-state index in [0.717, 1.165) is 10.2 Å². The van der Waals surface area contributed by atoms with Gasteiger partial charge in [0.2, 0.25) is 29.1 Å². The van der Waals surface area contributed by atoms with Gasteiger partial charge in [-0.25, -0.2) is 18.2 Å². The van der Waals surface area contributed by atoms with Gasteiger partial charge < -0.3 is 9.84 Å². The molecule has 0 amide bonds. The molecule has 1 heterocycles. The summed E-state index contributed by atoms with van der Waals surface area (Å²) in [5.74, 6) is -12.0. The molecule has 3 rings (SSSR count). The molecule has 0 unspecified atom stereocenters. The lowest BCUT2D eigenvalue weighted by Crippen LogP contribution is -2.21. The second kappa shape index (κ2) is 7.77. The fraction of sp³-hybridized carbons (Fsp3) is 0.188. The minimum Gasteiger partial charge on any atom is -0.485 e. The van der Waals surface area contributed by atoms with Crippen molar-refractivity contribution in [2.24, 2.45) is 0 Å². The predicted molar refractivity (Wildman–Crippen MR) is 88.1 cm³/mol. The zero-order chi connectivity index (χ0) is 18.8. The third-order valence-corrected chi connectivity index (χ3v) is 5.59. The Bertz CT molecular complexity index is 888. The van der Waals surface area contributed by atoms with E-state index < -0.39 is 47.5 Å². The number of nitrogens with zero attached hydrogens (tertiary/aromatic N) is 1. The number of aliphatic hydroxyl groups excluding tert-OH is 1. The van der Waals surface area contributed by atoms with Crippen molar-refractivity contribution in [3.63, 3.8) is 0 Å². The van der Waals surface area contributed by atoms with Crippen LogP contribution in [0.25, 0.3) is 10.2 Å². The lowest BCUT2D eigenvalue weighted by atomic mass is 10.2. The Balaban J connectivity index is 1.61. The van der Waals surface area contributed by atoms with Gasteiger partial charge in [-0.05, 0) is 12.1 Å². The number of halogens is 5. The summed E-state index contributed by atoms with van der Waals surface area (Å²) in [7, 11) is 0. The second-order valence-electron chi connectivity index (χ2n) is 5.12. The molecule has 10 heteroatoms. The van der Waals surface area contributed by atoms with Gasteiger partial charge in [-0.2, -0.15) is 8.78 Å². The summed E-state index contributed by atoms with van der Waals surface area (Å²) >= 11 is 2.59. The van der Waals surface area contributed by atoms with Gasteiger partial charge in [0.1, 0.15) is 6.61 Å². The number of thiazole rings is 1. The van der Waals surface area contributed by atoms with Crippen LogP contribution < -0.4 is 4.74 Å². The average molecular weight is 407 g/mol. The zero-order valence-electron chi connectivity index (χ0n) is 12.8. The summed E-state index contributed by atoms with van der Waals surface area (Å²) < 4.78 is 72.3. The first-order chi connectivity index (χ1) is 12.4. The number of fused-ring (bicyclic) bond motifs is 1. The highest BCUT2D eigenvalue weighted by Crippen LogP contribution is 2.31. The fourth-order valence-electron chi connectivity index (χ4n) is 2.02. The van der Waals surface area contributed by atoms with Crippen molar-refractivity contribution in [3.05, 3.63) is 53.4 Å². The Morgan fingerprint density at radius 1 is 1.00 bits per heavy atom. The summed E-state index contributed by atoms with van der Waals surface area (Å²) in [5, 5.41) is 9.85. The molecule has 1 atom stereocenters. The Kier molecular flexibility index (Phi) is 5.64. The molecular weight excluding hydrogens is 397 g/mol. The fourth-order valence-corrected chi connectivity index (χ4v) is 4.02. The van der Waals surface area contributed by atoms with E-state index in [2.05, 4.69) is 9.72 Å². The minimum absolute atomic E-state index is 0.0647. The number of para-hydroxylation sites is 1. The van der Waals surface area contributed by atoms with E-state index >= 15 is 0 Å². The summed E-state index contributed by atoms with van der Waals surface area (Å²) in [4.78, 5) is 4.33. The summed E-state index contributed by atoms with van der Waals surface area (Å²) in [6, 6.07) is 7.42. The van der Waals surface area contributed by atoms with E-state index in [9.17, 15) is 27.1 Å². The number of aliphatic hydroxyl groups is 1. The van der Waals surface area contributed by atoms with E-state index in [1.54, 1.807) is 0 Å². The van der Waals surface area contributed by atoms with Crippen molar-refractivity contribution in [1.29, 1.82) is 0 Å². The molecule has 1 N–H and O–H groups in total. The number of benzene rings is 2. The maximum absolute atomic E-state index is 13.5. The third kappa shape index (κ3) is 3.76. The molecule has 2 aromatic carbocycles. The van der Waals surface area contributed by atoms with Crippen LogP contribution in [0.4, 0.5) is 22.0 Å². The quantitative estimate of drug-likeness (QED) is 0.282. The van der Waals surface area contributed by atoms with Crippen LogP contribution in [0, 0.1) is 29.1 Å². The molecule has 0 aliphatic rings. The molecule has 3 aromatic rings. The molecule has 0 aliphatic carbocycles. The Morgan fingerprint density at radius 2 is 1.62 bits per heavy atom. The van der Waals surface area contributed by atoms with Crippen LogP contribution in [0.1, 0.15) is 0 Å². The smallest absolute Gasteiger partial charge is 0.206 e. The molecule has 0 spiro atoms. The topological polar surface area (TPSA) is 42.4 Å². The van der Waals surface area contributed by atoms with Crippen LogP contribution >= 0.6 is 23.1 Å². The van der Waals surface area contributed by atoms with Gasteiger partial charge in [0.25, 0.3) is 0 Å². The predicted octanol–water partition coefficient (Wildman–Crippen LogP) is 4.52. The van der Waals surface area contributed by atoms with Crippen molar-refractivity contribution in [3.8, 4) is 5.75 Å². The Morgan fingerprint density at radius 3 is 2.27 bits per heavy atom. The normalized spacial score (nSPS) is 12.5. The highest BCUT2D eigenvalue weighted by Gasteiger charge is 2.27. The molecule has 3 nitrogen and oxygen atoms in total. The maximum Gasteiger partial charge on any atom is 0.206 e. The first-order valence-electron chi connectivity index (χ1n) is 7.19. The van der Waals surface area contributed by atoms with Gasteiger partial charge in [-0.3, -0.25) is 0 Å². The lowest BCUT2D eigenvalue weighted by molar-refractivity contribution is 0.118. The standard InChI is InChI=1S/C16H10F5NO2S2/c17-10-11(18)13(20)15(14(21)12(10)19)24-5-7(23)6-25-16-22-8-3-1-2-4-9(8)26-16/h1-4,7,23H,5-6H2/t7-/m1/s1. The maximum atomic E-state index is 13.5. The number of hydrogen-bond acceptors (Lipinski definition) is 5. The largest absolute Gasteiger partial charge is 0.485 e. The highest BCUT2D eigenvalue weighted by molar-refractivity contribution is 8.01. The molecule has 0 aliphatic heterocycles. The van der Waals surface area contributed by atoms with E-state index in [1.165, 1.54) is 23.1 Å². The van der Waals surface area contributed by atoms with E-state index in [4.69, 9.17) is 0 Å². The van der Waals surface area contributed by atoms with Crippen molar-refractivity contribution >= 4 is 33.3 Å². The molecule has 0 radical (unpaired) electrons. The van der Waals surface area contributed by atoms with Crippen molar-refractivity contribution < 1.29 is 31.8 Å². The van der Waals surface area contributed by atoms with E-state index in [1.807, 2.05) is 24.3 Å². The van der Waals surface area contributed by atoms with Crippen molar-refractivity contribution in [2.75, 3.05) is 12.4 Å². The molecule has 0 saturated carbocycles. The molecule has 1 aromatic heterocycles. The van der Waals surface area contributed by atoms with Crippen LogP contribution in [0.2, 0.25) is 0 Å². The number of rotatable bonds is 6.